The largest absolute Gasteiger partial charge is 0.488 e. The molecule has 0 bridgehead atoms. The second kappa shape index (κ2) is 14.7. The molecule has 0 saturated carbocycles. The Labute approximate surface area is 267 Å². The van der Waals surface area contributed by atoms with Gasteiger partial charge in [-0.05, 0) is 75.8 Å². The zero-order chi connectivity index (χ0) is 32.8. The van der Waals surface area contributed by atoms with Crippen LogP contribution in [0.1, 0.15) is 63.6 Å². The Morgan fingerprint density at radius 1 is 1.04 bits per heavy atom. The normalized spacial score (nSPS) is 18.9. The Hall–Kier alpha value is -3.57. The van der Waals surface area contributed by atoms with Gasteiger partial charge in [-0.2, -0.15) is 13.2 Å². The van der Waals surface area contributed by atoms with Gasteiger partial charge in [-0.1, -0.05) is 48.9 Å². The van der Waals surface area contributed by atoms with E-state index in [0.717, 1.165) is 17.7 Å². The van der Waals surface area contributed by atoms with E-state index in [1.54, 1.807) is 0 Å². The van der Waals surface area contributed by atoms with E-state index < -0.39 is 23.4 Å². The van der Waals surface area contributed by atoms with Gasteiger partial charge in [0.1, 0.15) is 12.2 Å². The SMILES string of the molecule is CC[C@@H]1C[C@H](N(Cc2cc(Cl)cc(C(F)(F)F)c2)c2ncc(OCCO)cn2)C[C@H](Cc2ccccc2)N1C(=O)OC(C)(C)C. The fourth-order valence-corrected chi connectivity index (χ4v) is 5.97. The lowest BCUT2D eigenvalue weighted by atomic mass is 9.86. The molecule has 0 aliphatic carbocycles. The van der Waals surface area contributed by atoms with Crippen LogP contribution in [0.3, 0.4) is 0 Å². The van der Waals surface area contributed by atoms with Crippen molar-refractivity contribution in [2.75, 3.05) is 18.1 Å². The number of piperidine rings is 1. The van der Waals surface area contributed by atoms with Crippen LogP contribution in [0, 0.1) is 0 Å². The summed E-state index contributed by atoms with van der Waals surface area (Å²) in [6.07, 6.45) is 0.177. The van der Waals surface area contributed by atoms with Gasteiger partial charge in [0.15, 0.2) is 5.75 Å². The number of hydrogen-bond donors (Lipinski definition) is 1. The van der Waals surface area contributed by atoms with Crippen LogP contribution in [-0.2, 0) is 23.9 Å². The van der Waals surface area contributed by atoms with Crippen LogP contribution in [0.4, 0.5) is 23.9 Å². The molecular formula is C33H40ClF3N4O4. The molecule has 1 aliphatic heterocycles. The van der Waals surface area contributed by atoms with Gasteiger partial charge in [0.25, 0.3) is 0 Å². The number of carbonyl (C=O) groups is 1. The molecule has 2 aromatic carbocycles. The number of hydrogen-bond acceptors (Lipinski definition) is 7. The highest BCUT2D eigenvalue weighted by Crippen LogP contribution is 2.36. The Kier molecular flexibility index (Phi) is 11.2. The number of amides is 1. The van der Waals surface area contributed by atoms with Crippen molar-refractivity contribution < 1.29 is 32.5 Å². The molecule has 0 unspecified atom stereocenters. The summed E-state index contributed by atoms with van der Waals surface area (Å²) in [5.41, 5.74) is -0.135. The van der Waals surface area contributed by atoms with Crippen LogP contribution in [0.15, 0.2) is 60.9 Å². The van der Waals surface area contributed by atoms with Crippen molar-refractivity contribution in [2.24, 2.45) is 0 Å². The first-order chi connectivity index (χ1) is 21.3. The molecule has 3 aromatic rings. The molecule has 1 aliphatic rings. The molecule has 3 atom stereocenters. The molecule has 244 valence electrons. The predicted octanol–water partition coefficient (Wildman–Crippen LogP) is 7.32. The van der Waals surface area contributed by atoms with Gasteiger partial charge < -0.3 is 24.4 Å². The van der Waals surface area contributed by atoms with E-state index in [1.165, 1.54) is 18.5 Å². The summed E-state index contributed by atoms with van der Waals surface area (Å²) < 4.78 is 52.4. The smallest absolute Gasteiger partial charge is 0.416 e. The highest BCUT2D eigenvalue weighted by atomic mass is 35.5. The molecule has 0 radical (unpaired) electrons. The first-order valence-corrected chi connectivity index (χ1v) is 15.4. The number of benzene rings is 2. The molecule has 1 amide bonds. The topological polar surface area (TPSA) is 88.0 Å². The number of ether oxygens (including phenoxy) is 2. The van der Waals surface area contributed by atoms with Gasteiger partial charge in [0.05, 0.1) is 24.6 Å². The number of likely N-dealkylation sites (tertiary alicyclic amines) is 1. The molecule has 0 spiro atoms. The molecule has 1 aromatic heterocycles. The van der Waals surface area contributed by atoms with Crippen LogP contribution in [0.2, 0.25) is 5.02 Å². The Morgan fingerprint density at radius 2 is 1.71 bits per heavy atom. The standard InChI is InChI=1S/C33H40ClF3N4O4/c1-5-26-17-27(18-28(15-22-9-7-6-8-10-22)41(26)31(43)45-32(2,3)4)40(30-38-19-29(20-39-30)44-12-11-42)21-23-13-24(33(35,36)37)16-25(34)14-23/h6-10,13-14,16,19-20,26-28,42H,5,11-12,15,17-18,21H2,1-4H3/t26-,27+,28+/m1/s1. The average molecular weight is 649 g/mol. The van der Waals surface area contributed by atoms with Gasteiger partial charge in [0, 0.05) is 29.7 Å². The Balaban J connectivity index is 1.75. The van der Waals surface area contributed by atoms with Crippen molar-refractivity contribution in [3.63, 3.8) is 0 Å². The Morgan fingerprint density at radius 3 is 2.31 bits per heavy atom. The lowest BCUT2D eigenvalue weighted by Gasteiger charge is -2.48. The van der Waals surface area contributed by atoms with E-state index >= 15 is 0 Å². The number of halogens is 4. The van der Waals surface area contributed by atoms with Gasteiger partial charge >= 0.3 is 12.3 Å². The summed E-state index contributed by atoms with van der Waals surface area (Å²) in [5, 5.41) is 9.08. The van der Waals surface area contributed by atoms with E-state index in [9.17, 15) is 18.0 Å². The average Bonchev–Trinajstić information content (AvgIpc) is 2.97. The number of anilines is 1. The minimum absolute atomic E-state index is 0.0263. The molecule has 1 N–H and O–H groups in total. The predicted molar refractivity (Wildman–Crippen MR) is 166 cm³/mol. The van der Waals surface area contributed by atoms with Crippen molar-refractivity contribution in [3.05, 3.63) is 82.6 Å². The van der Waals surface area contributed by atoms with Crippen LogP contribution >= 0.6 is 11.6 Å². The maximum Gasteiger partial charge on any atom is 0.416 e. The fraction of sp³-hybridized carbons (Fsp3) is 0.485. The lowest BCUT2D eigenvalue weighted by molar-refractivity contribution is -0.137. The Bertz CT molecular complexity index is 1400. The third-order valence-corrected chi connectivity index (χ3v) is 7.79. The monoisotopic (exact) mass is 648 g/mol. The number of carbonyl (C=O) groups excluding carboxylic acids is 1. The fourth-order valence-electron chi connectivity index (χ4n) is 5.71. The van der Waals surface area contributed by atoms with Gasteiger partial charge in [-0.3, -0.25) is 0 Å². The minimum atomic E-state index is -4.57. The number of aliphatic hydroxyl groups is 1. The number of aromatic nitrogens is 2. The summed E-state index contributed by atoms with van der Waals surface area (Å²) in [7, 11) is 0. The van der Waals surface area contributed by atoms with Crippen molar-refractivity contribution in [1.29, 1.82) is 0 Å². The minimum Gasteiger partial charge on any atom is -0.488 e. The van der Waals surface area contributed by atoms with Gasteiger partial charge in [-0.25, -0.2) is 14.8 Å². The molecule has 12 heteroatoms. The highest BCUT2D eigenvalue weighted by Gasteiger charge is 2.42. The molecule has 2 heterocycles. The third kappa shape index (κ3) is 9.46. The molecule has 1 fully saturated rings. The molecular weight excluding hydrogens is 609 g/mol. The molecule has 8 nitrogen and oxygen atoms in total. The zero-order valence-corrected chi connectivity index (χ0v) is 26.7. The quantitative estimate of drug-likeness (QED) is 0.247. The van der Waals surface area contributed by atoms with Crippen LogP contribution in [0.25, 0.3) is 0 Å². The first-order valence-electron chi connectivity index (χ1n) is 15.0. The number of alkyl halides is 3. The van der Waals surface area contributed by atoms with Crippen LogP contribution < -0.4 is 9.64 Å². The van der Waals surface area contributed by atoms with E-state index in [0.29, 0.717) is 42.9 Å². The van der Waals surface area contributed by atoms with E-state index in [1.807, 2.05) is 67.8 Å². The van der Waals surface area contributed by atoms with E-state index in [4.69, 9.17) is 26.2 Å². The second-order valence-electron chi connectivity index (χ2n) is 12.2. The van der Waals surface area contributed by atoms with Gasteiger partial charge in [0.2, 0.25) is 5.95 Å². The summed E-state index contributed by atoms with van der Waals surface area (Å²) in [6.45, 7) is 7.43. The van der Waals surface area contributed by atoms with Crippen molar-refractivity contribution in [2.45, 2.75) is 89.8 Å². The number of aliphatic hydroxyl groups excluding tert-OH is 1. The van der Waals surface area contributed by atoms with Crippen LogP contribution in [-0.4, -0.2) is 63.0 Å². The van der Waals surface area contributed by atoms with Gasteiger partial charge in [-0.15, -0.1) is 0 Å². The molecule has 45 heavy (non-hydrogen) atoms. The molecule has 1 saturated heterocycles. The zero-order valence-electron chi connectivity index (χ0n) is 25.9. The van der Waals surface area contributed by atoms with Crippen molar-refractivity contribution in [1.82, 2.24) is 14.9 Å². The van der Waals surface area contributed by atoms with E-state index in [-0.39, 0.29) is 42.9 Å². The van der Waals surface area contributed by atoms with E-state index in [2.05, 4.69) is 9.97 Å². The maximum atomic E-state index is 13.7. The summed E-state index contributed by atoms with van der Waals surface area (Å²) in [5.74, 6) is 0.645. The number of nitrogens with zero attached hydrogens (tertiary/aromatic N) is 4. The number of rotatable bonds is 10. The lowest BCUT2D eigenvalue weighted by Crippen LogP contribution is -2.58. The van der Waals surface area contributed by atoms with Crippen molar-refractivity contribution in [3.8, 4) is 5.75 Å². The molecule has 4 rings (SSSR count). The first kappa shape index (κ1) is 34.3. The maximum absolute atomic E-state index is 13.7. The van der Waals surface area contributed by atoms with Crippen LogP contribution in [0.5, 0.6) is 5.75 Å². The summed E-state index contributed by atoms with van der Waals surface area (Å²) in [4.78, 5) is 26.4. The second-order valence-corrected chi connectivity index (χ2v) is 12.6. The van der Waals surface area contributed by atoms with Crippen molar-refractivity contribution >= 4 is 23.6 Å². The summed E-state index contributed by atoms with van der Waals surface area (Å²) >= 11 is 6.16. The summed E-state index contributed by atoms with van der Waals surface area (Å²) in [6, 6.07) is 12.6. The highest BCUT2D eigenvalue weighted by molar-refractivity contribution is 6.30. The third-order valence-electron chi connectivity index (χ3n) is 7.57.